The minimum absolute atomic E-state index is 0.212. The summed E-state index contributed by atoms with van der Waals surface area (Å²) in [5.41, 5.74) is 1.15. The Hall–Kier alpha value is -2.79. The van der Waals surface area contributed by atoms with Gasteiger partial charge in [-0.2, -0.15) is 0 Å². The second-order valence-electron chi connectivity index (χ2n) is 5.12. The maximum absolute atomic E-state index is 12.4. The molecule has 2 rings (SSSR count). The van der Waals surface area contributed by atoms with Crippen molar-refractivity contribution in [1.82, 2.24) is 0 Å². The summed E-state index contributed by atoms with van der Waals surface area (Å²) in [6.45, 7) is 7.62. The number of benzene rings is 2. The summed E-state index contributed by atoms with van der Waals surface area (Å²) in [7, 11) is 0. The first-order valence-electron chi connectivity index (χ1n) is 8.19. The van der Waals surface area contributed by atoms with Crippen LogP contribution in [-0.2, 0) is 4.74 Å². The van der Waals surface area contributed by atoms with Crippen LogP contribution < -0.4 is 14.8 Å². The highest BCUT2D eigenvalue weighted by Crippen LogP contribution is 2.24. The van der Waals surface area contributed by atoms with Gasteiger partial charge in [-0.1, -0.05) is 24.8 Å². The monoisotopic (exact) mass is 341 g/mol. The molecule has 1 amide bonds. The number of anilines is 1. The SMILES string of the molecule is C=CCOc1ccccc1NC(=O)c1ccc(OCCOCC)cc1. The fraction of sp³-hybridized carbons (Fsp3) is 0.250. The van der Waals surface area contributed by atoms with E-state index < -0.39 is 0 Å². The number of amides is 1. The van der Waals surface area contributed by atoms with E-state index in [0.29, 0.717) is 49.2 Å². The molecular weight excluding hydrogens is 318 g/mol. The van der Waals surface area contributed by atoms with Crippen LogP contribution in [0, 0.1) is 0 Å². The molecule has 132 valence electrons. The lowest BCUT2D eigenvalue weighted by atomic mass is 10.2. The molecule has 2 aromatic rings. The van der Waals surface area contributed by atoms with Gasteiger partial charge in [0.2, 0.25) is 0 Å². The molecule has 0 bridgehead atoms. The lowest BCUT2D eigenvalue weighted by molar-refractivity contribution is 0.102. The standard InChI is InChI=1S/C20H23NO4/c1-3-13-25-19-8-6-5-7-18(19)21-20(22)16-9-11-17(12-10-16)24-15-14-23-4-2/h3,5-12H,1,4,13-15H2,2H3,(H,21,22). The van der Waals surface area contributed by atoms with Crippen LogP contribution in [0.15, 0.2) is 61.2 Å². The first-order valence-corrected chi connectivity index (χ1v) is 8.19. The maximum Gasteiger partial charge on any atom is 0.255 e. The summed E-state index contributed by atoms with van der Waals surface area (Å²) < 4.78 is 16.3. The summed E-state index contributed by atoms with van der Waals surface area (Å²) in [4.78, 5) is 12.4. The highest BCUT2D eigenvalue weighted by Gasteiger charge is 2.09. The Morgan fingerprint density at radius 1 is 1.08 bits per heavy atom. The molecule has 0 atom stereocenters. The number of rotatable bonds is 10. The molecule has 2 aromatic carbocycles. The lowest BCUT2D eigenvalue weighted by Crippen LogP contribution is -2.13. The van der Waals surface area contributed by atoms with Gasteiger partial charge in [-0.15, -0.1) is 0 Å². The zero-order chi connectivity index (χ0) is 17.9. The van der Waals surface area contributed by atoms with Crippen molar-refractivity contribution in [3.63, 3.8) is 0 Å². The zero-order valence-corrected chi connectivity index (χ0v) is 14.4. The molecule has 5 nitrogen and oxygen atoms in total. The Bertz CT molecular complexity index is 682. The normalized spacial score (nSPS) is 10.1. The van der Waals surface area contributed by atoms with E-state index >= 15 is 0 Å². The molecule has 0 aromatic heterocycles. The summed E-state index contributed by atoms with van der Waals surface area (Å²) in [6.07, 6.45) is 1.66. The summed E-state index contributed by atoms with van der Waals surface area (Å²) in [5.74, 6) is 1.09. The van der Waals surface area contributed by atoms with Gasteiger partial charge in [0.15, 0.2) is 0 Å². The third kappa shape index (κ3) is 5.97. The van der Waals surface area contributed by atoms with Crippen molar-refractivity contribution in [1.29, 1.82) is 0 Å². The topological polar surface area (TPSA) is 56.8 Å². The van der Waals surface area contributed by atoms with Crippen molar-refractivity contribution in [2.75, 3.05) is 31.7 Å². The highest BCUT2D eigenvalue weighted by molar-refractivity contribution is 6.05. The molecule has 25 heavy (non-hydrogen) atoms. The smallest absolute Gasteiger partial charge is 0.255 e. The molecule has 0 spiro atoms. The van der Waals surface area contributed by atoms with Gasteiger partial charge in [0.05, 0.1) is 12.3 Å². The highest BCUT2D eigenvalue weighted by atomic mass is 16.5. The van der Waals surface area contributed by atoms with Crippen LogP contribution >= 0.6 is 0 Å². The number of hydrogen-bond donors (Lipinski definition) is 1. The molecular formula is C20H23NO4. The van der Waals surface area contributed by atoms with E-state index in [-0.39, 0.29) is 5.91 Å². The first kappa shape index (κ1) is 18.5. The van der Waals surface area contributed by atoms with Gasteiger partial charge in [-0.25, -0.2) is 0 Å². The van der Waals surface area contributed by atoms with Gasteiger partial charge in [0.1, 0.15) is 24.7 Å². The molecule has 0 saturated heterocycles. The summed E-state index contributed by atoms with van der Waals surface area (Å²) in [6, 6.07) is 14.3. The van der Waals surface area contributed by atoms with Crippen molar-refractivity contribution in [3.8, 4) is 11.5 Å². The molecule has 0 aliphatic carbocycles. The Morgan fingerprint density at radius 3 is 2.56 bits per heavy atom. The Kier molecular flexibility index (Phi) is 7.53. The molecule has 0 aliphatic heterocycles. The second-order valence-corrected chi connectivity index (χ2v) is 5.12. The molecule has 5 heteroatoms. The van der Waals surface area contributed by atoms with Gasteiger partial charge < -0.3 is 19.5 Å². The van der Waals surface area contributed by atoms with E-state index in [9.17, 15) is 4.79 Å². The van der Waals surface area contributed by atoms with Gasteiger partial charge in [-0.3, -0.25) is 4.79 Å². The van der Waals surface area contributed by atoms with Crippen LogP contribution in [0.2, 0.25) is 0 Å². The van der Waals surface area contributed by atoms with Gasteiger partial charge in [-0.05, 0) is 43.3 Å². The molecule has 1 N–H and O–H groups in total. The minimum atomic E-state index is -0.212. The quantitative estimate of drug-likeness (QED) is 0.526. The maximum atomic E-state index is 12.4. The summed E-state index contributed by atoms with van der Waals surface area (Å²) >= 11 is 0. The van der Waals surface area contributed by atoms with Gasteiger partial charge in [0.25, 0.3) is 5.91 Å². The van der Waals surface area contributed by atoms with E-state index in [0.717, 1.165) is 0 Å². The number of para-hydroxylation sites is 2. The fourth-order valence-electron chi connectivity index (χ4n) is 2.10. The van der Waals surface area contributed by atoms with Gasteiger partial charge in [0, 0.05) is 12.2 Å². The Morgan fingerprint density at radius 2 is 1.84 bits per heavy atom. The van der Waals surface area contributed by atoms with Crippen molar-refractivity contribution < 1.29 is 19.0 Å². The lowest BCUT2D eigenvalue weighted by Gasteiger charge is -2.12. The van der Waals surface area contributed by atoms with Crippen LogP contribution in [0.25, 0.3) is 0 Å². The molecule has 0 unspecified atom stereocenters. The van der Waals surface area contributed by atoms with Crippen molar-refractivity contribution >= 4 is 11.6 Å². The van der Waals surface area contributed by atoms with E-state index in [1.54, 1.807) is 42.5 Å². The number of nitrogens with one attached hydrogen (secondary N) is 1. The number of hydrogen-bond acceptors (Lipinski definition) is 4. The van der Waals surface area contributed by atoms with E-state index in [4.69, 9.17) is 14.2 Å². The number of carbonyl (C=O) groups is 1. The third-order valence-corrected chi connectivity index (χ3v) is 3.31. The van der Waals surface area contributed by atoms with Crippen LogP contribution in [0.5, 0.6) is 11.5 Å². The predicted molar refractivity (Wildman–Crippen MR) is 98.5 cm³/mol. The minimum Gasteiger partial charge on any atom is -0.491 e. The average Bonchev–Trinajstić information content (AvgIpc) is 2.65. The molecule has 0 heterocycles. The van der Waals surface area contributed by atoms with Crippen molar-refractivity contribution in [2.24, 2.45) is 0 Å². The van der Waals surface area contributed by atoms with Crippen LogP contribution in [0.4, 0.5) is 5.69 Å². The molecule has 0 aliphatic rings. The average molecular weight is 341 g/mol. The Balaban J connectivity index is 1.96. The predicted octanol–water partition coefficient (Wildman–Crippen LogP) is 3.92. The summed E-state index contributed by atoms with van der Waals surface area (Å²) in [5, 5.41) is 2.86. The largest absolute Gasteiger partial charge is 0.491 e. The molecule has 0 saturated carbocycles. The number of carbonyl (C=O) groups excluding carboxylic acids is 1. The van der Waals surface area contributed by atoms with E-state index in [1.165, 1.54) is 0 Å². The third-order valence-electron chi connectivity index (χ3n) is 3.31. The van der Waals surface area contributed by atoms with Crippen molar-refractivity contribution in [2.45, 2.75) is 6.92 Å². The van der Waals surface area contributed by atoms with Crippen LogP contribution in [0.1, 0.15) is 17.3 Å². The second kappa shape index (κ2) is 10.2. The fourth-order valence-corrected chi connectivity index (χ4v) is 2.10. The van der Waals surface area contributed by atoms with Crippen molar-refractivity contribution in [3.05, 3.63) is 66.7 Å². The van der Waals surface area contributed by atoms with E-state index in [1.807, 2.05) is 19.1 Å². The number of ether oxygens (including phenoxy) is 3. The molecule has 0 radical (unpaired) electrons. The van der Waals surface area contributed by atoms with Gasteiger partial charge >= 0.3 is 0 Å². The Labute approximate surface area is 148 Å². The first-order chi connectivity index (χ1) is 12.2. The van der Waals surface area contributed by atoms with Crippen LogP contribution in [-0.4, -0.2) is 32.3 Å². The van der Waals surface area contributed by atoms with E-state index in [2.05, 4.69) is 11.9 Å². The zero-order valence-electron chi connectivity index (χ0n) is 14.4. The van der Waals surface area contributed by atoms with Crippen LogP contribution in [0.3, 0.4) is 0 Å². The molecule has 0 fully saturated rings.